The first-order valence-corrected chi connectivity index (χ1v) is 9.58. The fourth-order valence-corrected chi connectivity index (χ4v) is 3.93. The van der Waals surface area contributed by atoms with Crippen molar-refractivity contribution in [3.8, 4) is 0 Å². The Bertz CT molecular complexity index is 560. The summed E-state index contributed by atoms with van der Waals surface area (Å²) in [6.45, 7) is 9.94. The number of hydrogen-bond acceptors (Lipinski definition) is 5. The number of nitrogens with zero attached hydrogens (tertiary/aromatic N) is 4. The van der Waals surface area contributed by atoms with Gasteiger partial charge in [0.2, 0.25) is 5.91 Å². The standard InChI is InChI=1S/C18H31N5O2/c1-13(2)23-12-19-21-17(23)14(3)20-18(24)15-4-8-22(9-5-15)16-6-10-25-11-7-16/h12-16H,4-11H2,1-3H3,(H,20,24). The molecule has 0 spiro atoms. The molecule has 1 atom stereocenters. The van der Waals surface area contributed by atoms with Crippen LogP contribution in [0.4, 0.5) is 0 Å². The molecule has 2 saturated heterocycles. The number of nitrogens with one attached hydrogen (secondary N) is 1. The Hall–Kier alpha value is -1.47. The summed E-state index contributed by atoms with van der Waals surface area (Å²) in [5, 5.41) is 11.3. The molecule has 0 aromatic carbocycles. The van der Waals surface area contributed by atoms with Crippen LogP contribution in [0.3, 0.4) is 0 Å². The van der Waals surface area contributed by atoms with Crippen LogP contribution in [0, 0.1) is 5.92 Å². The molecule has 0 aliphatic carbocycles. The summed E-state index contributed by atoms with van der Waals surface area (Å²) in [5.74, 6) is 1.08. The van der Waals surface area contributed by atoms with E-state index >= 15 is 0 Å². The summed E-state index contributed by atoms with van der Waals surface area (Å²) in [4.78, 5) is 15.2. The summed E-state index contributed by atoms with van der Waals surface area (Å²) in [6.07, 6.45) is 5.85. The van der Waals surface area contributed by atoms with Crippen LogP contribution in [0.25, 0.3) is 0 Å². The monoisotopic (exact) mass is 349 g/mol. The van der Waals surface area contributed by atoms with Gasteiger partial charge in [-0.3, -0.25) is 4.79 Å². The zero-order chi connectivity index (χ0) is 17.8. The van der Waals surface area contributed by atoms with E-state index in [1.165, 1.54) is 0 Å². The maximum Gasteiger partial charge on any atom is 0.223 e. The molecule has 2 aliphatic rings. The molecule has 0 radical (unpaired) electrons. The van der Waals surface area contributed by atoms with Crippen molar-refractivity contribution < 1.29 is 9.53 Å². The Balaban J connectivity index is 1.50. The number of amides is 1. The highest BCUT2D eigenvalue weighted by molar-refractivity contribution is 5.79. The second kappa shape index (κ2) is 8.27. The van der Waals surface area contributed by atoms with Gasteiger partial charge in [0.05, 0.1) is 6.04 Å². The van der Waals surface area contributed by atoms with E-state index in [9.17, 15) is 4.79 Å². The second-order valence-corrected chi connectivity index (χ2v) is 7.57. The molecule has 2 fully saturated rings. The third-order valence-electron chi connectivity index (χ3n) is 5.51. The van der Waals surface area contributed by atoms with Gasteiger partial charge in [-0.05, 0) is 59.5 Å². The maximum absolute atomic E-state index is 12.7. The van der Waals surface area contributed by atoms with Crippen molar-refractivity contribution in [2.24, 2.45) is 5.92 Å². The van der Waals surface area contributed by atoms with Gasteiger partial charge in [0, 0.05) is 31.2 Å². The van der Waals surface area contributed by atoms with Crippen molar-refractivity contribution in [2.75, 3.05) is 26.3 Å². The summed E-state index contributed by atoms with van der Waals surface area (Å²) < 4.78 is 7.46. The van der Waals surface area contributed by atoms with E-state index in [0.717, 1.165) is 57.8 Å². The van der Waals surface area contributed by atoms with Crippen LogP contribution in [0.1, 0.15) is 64.4 Å². The van der Waals surface area contributed by atoms with Crippen molar-refractivity contribution >= 4 is 5.91 Å². The quantitative estimate of drug-likeness (QED) is 0.879. The Morgan fingerprint density at radius 2 is 1.88 bits per heavy atom. The SMILES string of the molecule is CC(NC(=O)C1CCN(C2CCOCC2)CC1)c1nncn1C(C)C. The lowest BCUT2D eigenvalue weighted by Gasteiger charge is -2.39. The minimum atomic E-state index is -0.120. The zero-order valence-electron chi connectivity index (χ0n) is 15.6. The molecule has 1 amide bonds. The predicted octanol–water partition coefficient (Wildman–Crippen LogP) is 1.93. The molecule has 25 heavy (non-hydrogen) atoms. The average Bonchev–Trinajstić information content (AvgIpc) is 3.13. The Labute approximate surface area is 150 Å². The summed E-state index contributed by atoms with van der Waals surface area (Å²) in [6, 6.07) is 0.805. The van der Waals surface area contributed by atoms with Crippen molar-refractivity contribution in [2.45, 2.75) is 64.6 Å². The molecule has 7 heteroatoms. The van der Waals surface area contributed by atoms with Crippen molar-refractivity contribution in [3.63, 3.8) is 0 Å². The number of hydrogen-bond donors (Lipinski definition) is 1. The van der Waals surface area contributed by atoms with Gasteiger partial charge in [-0.25, -0.2) is 0 Å². The van der Waals surface area contributed by atoms with E-state index in [1.54, 1.807) is 6.33 Å². The summed E-state index contributed by atoms with van der Waals surface area (Å²) in [5.41, 5.74) is 0. The fourth-order valence-electron chi connectivity index (χ4n) is 3.93. The van der Waals surface area contributed by atoms with Crippen LogP contribution in [-0.4, -0.2) is 57.9 Å². The highest BCUT2D eigenvalue weighted by atomic mass is 16.5. The molecule has 0 bridgehead atoms. The van der Waals surface area contributed by atoms with Gasteiger partial charge < -0.3 is 19.5 Å². The molecule has 1 aromatic rings. The van der Waals surface area contributed by atoms with Crippen LogP contribution in [-0.2, 0) is 9.53 Å². The molecule has 140 valence electrons. The van der Waals surface area contributed by atoms with Crippen LogP contribution >= 0.6 is 0 Å². The Morgan fingerprint density at radius 3 is 2.52 bits per heavy atom. The highest BCUT2D eigenvalue weighted by Crippen LogP contribution is 2.24. The van der Waals surface area contributed by atoms with Gasteiger partial charge in [-0.2, -0.15) is 0 Å². The zero-order valence-corrected chi connectivity index (χ0v) is 15.6. The van der Waals surface area contributed by atoms with Crippen molar-refractivity contribution in [1.29, 1.82) is 0 Å². The normalized spacial score (nSPS) is 22.2. The predicted molar refractivity (Wildman–Crippen MR) is 95.1 cm³/mol. The smallest absolute Gasteiger partial charge is 0.223 e. The first-order valence-electron chi connectivity index (χ1n) is 9.58. The van der Waals surface area contributed by atoms with Crippen molar-refractivity contribution in [1.82, 2.24) is 25.0 Å². The topological polar surface area (TPSA) is 72.3 Å². The number of carbonyl (C=O) groups is 1. The molecule has 1 unspecified atom stereocenters. The molecule has 2 aliphatic heterocycles. The Morgan fingerprint density at radius 1 is 1.20 bits per heavy atom. The molecular formula is C18H31N5O2. The Kier molecular flexibility index (Phi) is 6.06. The number of piperidine rings is 1. The lowest BCUT2D eigenvalue weighted by Crippen LogP contribution is -2.47. The average molecular weight is 349 g/mol. The third kappa shape index (κ3) is 4.39. The summed E-state index contributed by atoms with van der Waals surface area (Å²) in [7, 11) is 0. The number of rotatable bonds is 5. The minimum absolute atomic E-state index is 0.106. The second-order valence-electron chi connectivity index (χ2n) is 7.57. The van der Waals surface area contributed by atoms with Crippen molar-refractivity contribution in [3.05, 3.63) is 12.2 Å². The molecule has 1 aromatic heterocycles. The highest BCUT2D eigenvalue weighted by Gasteiger charge is 2.30. The van der Waals surface area contributed by atoms with Gasteiger partial charge in [0.25, 0.3) is 0 Å². The van der Waals surface area contributed by atoms with E-state index in [-0.39, 0.29) is 23.9 Å². The van der Waals surface area contributed by atoms with Crippen LogP contribution in [0.5, 0.6) is 0 Å². The van der Waals surface area contributed by atoms with Gasteiger partial charge in [0.1, 0.15) is 6.33 Å². The van der Waals surface area contributed by atoms with Gasteiger partial charge in [-0.15, -0.1) is 10.2 Å². The van der Waals surface area contributed by atoms with Crippen LogP contribution in [0.15, 0.2) is 6.33 Å². The number of ether oxygens (including phenoxy) is 1. The largest absolute Gasteiger partial charge is 0.381 e. The molecular weight excluding hydrogens is 318 g/mol. The van der Waals surface area contributed by atoms with E-state index in [2.05, 4.69) is 34.3 Å². The summed E-state index contributed by atoms with van der Waals surface area (Å²) >= 11 is 0. The first-order chi connectivity index (χ1) is 12.1. The molecule has 1 N–H and O–H groups in total. The van der Waals surface area contributed by atoms with Crippen LogP contribution in [0.2, 0.25) is 0 Å². The van der Waals surface area contributed by atoms with E-state index in [4.69, 9.17) is 4.74 Å². The first kappa shape index (κ1) is 18.3. The lowest BCUT2D eigenvalue weighted by molar-refractivity contribution is -0.127. The molecule has 3 rings (SSSR count). The molecule has 7 nitrogen and oxygen atoms in total. The molecule has 0 saturated carbocycles. The van der Waals surface area contributed by atoms with Gasteiger partial charge >= 0.3 is 0 Å². The fraction of sp³-hybridized carbons (Fsp3) is 0.833. The van der Waals surface area contributed by atoms with Crippen LogP contribution < -0.4 is 5.32 Å². The minimum Gasteiger partial charge on any atom is -0.381 e. The van der Waals surface area contributed by atoms with E-state index in [1.807, 2.05) is 11.5 Å². The van der Waals surface area contributed by atoms with E-state index < -0.39 is 0 Å². The lowest BCUT2D eigenvalue weighted by atomic mass is 9.93. The van der Waals surface area contributed by atoms with Gasteiger partial charge in [0.15, 0.2) is 5.82 Å². The number of likely N-dealkylation sites (tertiary alicyclic amines) is 1. The third-order valence-corrected chi connectivity index (χ3v) is 5.51. The molecule has 3 heterocycles. The van der Waals surface area contributed by atoms with E-state index in [0.29, 0.717) is 6.04 Å². The maximum atomic E-state index is 12.7. The number of carbonyl (C=O) groups excluding carboxylic acids is 1. The number of aromatic nitrogens is 3. The van der Waals surface area contributed by atoms with Gasteiger partial charge in [-0.1, -0.05) is 0 Å².